The summed E-state index contributed by atoms with van der Waals surface area (Å²) in [5.74, 6) is -1.74. The van der Waals surface area contributed by atoms with Crippen LogP contribution in [0, 0.1) is 0 Å². The smallest absolute Gasteiger partial charge is 0.389 e. The number of aryl methyl sites for hydroxylation is 2. The zero-order valence-electron chi connectivity index (χ0n) is 19.6. The van der Waals surface area contributed by atoms with Gasteiger partial charge in [0.2, 0.25) is 5.91 Å². The Morgan fingerprint density at radius 1 is 1.11 bits per heavy atom. The van der Waals surface area contributed by atoms with E-state index in [4.69, 9.17) is 16.6 Å². The number of fused-ring (bicyclic) bond motifs is 2. The van der Waals surface area contributed by atoms with Gasteiger partial charge in [-0.25, -0.2) is 0 Å². The number of carboxylic acids is 1. The number of nitrogens with zero attached hydrogens (tertiary/aromatic N) is 2. The first-order valence-corrected chi connectivity index (χ1v) is 12.3. The number of nitrogens with one attached hydrogen (secondary N) is 1. The third-order valence-corrected chi connectivity index (χ3v) is 6.95. The van der Waals surface area contributed by atoms with E-state index in [-0.39, 0.29) is 12.5 Å². The number of halogens is 4. The second-order valence-electron chi connectivity index (χ2n) is 9.10. The third kappa shape index (κ3) is 6.25. The summed E-state index contributed by atoms with van der Waals surface area (Å²) in [6.07, 6.45) is -1.59. The highest BCUT2D eigenvalue weighted by atomic mass is 35.5. The molecule has 0 spiro atoms. The lowest BCUT2D eigenvalue weighted by Gasteiger charge is -2.31. The molecule has 1 aromatic carbocycles. The molecule has 2 aromatic rings. The number of carboxylic acid groups (broad SMARTS) is 1. The van der Waals surface area contributed by atoms with E-state index in [0.29, 0.717) is 31.0 Å². The van der Waals surface area contributed by atoms with Crippen LogP contribution in [0.25, 0.3) is 5.57 Å². The number of carbonyl (C=O) groups is 2. The lowest BCUT2D eigenvalue weighted by Crippen LogP contribution is -2.46. The molecule has 1 unspecified atom stereocenters. The molecule has 2 heterocycles. The number of rotatable bonds is 6. The minimum atomic E-state index is -4.45. The highest BCUT2D eigenvalue weighted by Gasteiger charge is 2.31. The van der Waals surface area contributed by atoms with Gasteiger partial charge in [0.1, 0.15) is 6.04 Å². The van der Waals surface area contributed by atoms with Crippen molar-refractivity contribution in [2.24, 2.45) is 0 Å². The van der Waals surface area contributed by atoms with Crippen molar-refractivity contribution in [2.75, 3.05) is 19.6 Å². The van der Waals surface area contributed by atoms with Crippen molar-refractivity contribution in [1.82, 2.24) is 15.2 Å². The number of pyridine rings is 1. The Morgan fingerprint density at radius 2 is 1.83 bits per heavy atom. The zero-order chi connectivity index (χ0) is 25.9. The molecule has 0 saturated carbocycles. The van der Waals surface area contributed by atoms with E-state index in [0.717, 1.165) is 40.8 Å². The van der Waals surface area contributed by atoms with Gasteiger partial charge in [0.05, 0.1) is 12.2 Å². The Hall–Kier alpha value is -2.91. The van der Waals surface area contributed by atoms with Crippen LogP contribution in [0.2, 0.25) is 5.02 Å². The number of benzene rings is 1. The van der Waals surface area contributed by atoms with Crippen LogP contribution in [0.1, 0.15) is 48.1 Å². The van der Waals surface area contributed by atoms with Crippen LogP contribution in [0.3, 0.4) is 0 Å². The molecule has 6 nitrogen and oxygen atoms in total. The quantitative estimate of drug-likeness (QED) is 0.578. The molecule has 1 amide bonds. The minimum absolute atomic E-state index is 0.327. The lowest BCUT2D eigenvalue weighted by atomic mass is 9.88. The topological polar surface area (TPSA) is 82.5 Å². The molecule has 1 aromatic heterocycles. The Balaban J connectivity index is 1.47. The van der Waals surface area contributed by atoms with E-state index >= 15 is 0 Å². The Labute approximate surface area is 212 Å². The van der Waals surface area contributed by atoms with Crippen LogP contribution in [-0.4, -0.2) is 58.7 Å². The van der Waals surface area contributed by atoms with Crippen LogP contribution in [0.4, 0.5) is 13.2 Å². The number of hydrogen-bond acceptors (Lipinski definition) is 4. The fourth-order valence-electron chi connectivity index (χ4n) is 4.85. The summed E-state index contributed by atoms with van der Waals surface area (Å²) in [5.41, 5.74) is 6.63. The molecule has 36 heavy (non-hydrogen) atoms. The van der Waals surface area contributed by atoms with Crippen molar-refractivity contribution in [3.8, 4) is 0 Å². The van der Waals surface area contributed by atoms with Crippen LogP contribution in [0.15, 0.2) is 42.1 Å². The van der Waals surface area contributed by atoms with Gasteiger partial charge in [0.15, 0.2) is 0 Å². The summed E-state index contributed by atoms with van der Waals surface area (Å²) in [7, 11) is 0. The molecule has 4 rings (SSSR count). The number of aliphatic carboxylic acids is 1. The molecular formula is C26H27ClF3N3O3. The predicted molar refractivity (Wildman–Crippen MR) is 130 cm³/mol. The third-order valence-electron chi connectivity index (χ3n) is 6.72. The van der Waals surface area contributed by atoms with Crippen molar-refractivity contribution < 1.29 is 27.9 Å². The SMILES string of the molecule is O=C(O)C(CCC(F)(F)F)NCC(=O)N1CCC(=C2c3ccc(Cl)cc3CCc3cccnc32)CC1. The van der Waals surface area contributed by atoms with Gasteiger partial charge < -0.3 is 10.0 Å². The molecule has 10 heteroatoms. The second kappa shape index (κ2) is 11.0. The van der Waals surface area contributed by atoms with E-state index < -0.39 is 31.0 Å². The summed E-state index contributed by atoms with van der Waals surface area (Å²) in [6.45, 7) is 0.544. The summed E-state index contributed by atoms with van der Waals surface area (Å²) >= 11 is 6.27. The normalized spacial score (nSPS) is 16.7. The first kappa shape index (κ1) is 26.2. The van der Waals surface area contributed by atoms with E-state index in [2.05, 4.69) is 11.4 Å². The zero-order valence-corrected chi connectivity index (χ0v) is 20.3. The molecule has 1 aliphatic heterocycles. The number of hydrogen-bond donors (Lipinski definition) is 2. The molecule has 2 N–H and O–H groups in total. The van der Waals surface area contributed by atoms with E-state index in [9.17, 15) is 27.9 Å². The van der Waals surface area contributed by atoms with Gasteiger partial charge in [-0.3, -0.25) is 19.9 Å². The average molecular weight is 522 g/mol. The molecule has 1 fully saturated rings. The maximum atomic E-state index is 12.7. The molecule has 192 valence electrons. The van der Waals surface area contributed by atoms with E-state index in [1.807, 2.05) is 24.3 Å². The van der Waals surface area contributed by atoms with Crippen LogP contribution in [-0.2, 0) is 22.4 Å². The van der Waals surface area contributed by atoms with Gasteiger partial charge in [0, 0.05) is 36.3 Å². The van der Waals surface area contributed by atoms with Gasteiger partial charge in [0.25, 0.3) is 0 Å². The first-order valence-electron chi connectivity index (χ1n) is 11.9. The maximum absolute atomic E-state index is 12.7. The molecular weight excluding hydrogens is 495 g/mol. The largest absolute Gasteiger partial charge is 0.480 e. The van der Waals surface area contributed by atoms with Crippen LogP contribution in [0.5, 0.6) is 0 Å². The number of aromatic nitrogens is 1. The predicted octanol–water partition coefficient (Wildman–Crippen LogP) is 4.64. The van der Waals surface area contributed by atoms with Gasteiger partial charge in [-0.15, -0.1) is 0 Å². The molecule has 1 saturated heterocycles. The van der Waals surface area contributed by atoms with Crippen molar-refractivity contribution in [2.45, 2.75) is 50.7 Å². The number of carbonyl (C=O) groups excluding carboxylic acids is 1. The summed E-state index contributed by atoms with van der Waals surface area (Å²) < 4.78 is 37.4. The maximum Gasteiger partial charge on any atom is 0.389 e. The monoisotopic (exact) mass is 521 g/mol. The van der Waals surface area contributed by atoms with Gasteiger partial charge in [-0.2, -0.15) is 13.2 Å². The molecule has 2 aliphatic rings. The number of likely N-dealkylation sites (tertiary alicyclic amines) is 1. The summed E-state index contributed by atoms with van der Waals surface area (Å²) in [6, 6.07) is 8.46. The first-order chi connectivity index (χ1) is 17.1. The van der Waals surface area contributed by atoms with Gasteiger partial charge in [-0.1, -0.05) is 29.3 Å². The number of amides is 1. The molecule has 1 atom stereocenters. The Morgan fingerprint density at radius 3 is 2.53 bits per heavy atom. The average Bonchev–Trinajstić information content (AvgIpc) is 2.99. The summed E-state index contributed by atoms with van der Waals surface area (Å²) in [4.78, 5) is 30.3. The summed E-state index contributed by atoms with van der Waals surface area (Å²) in [5, 5.41) is 12.4. The number of piperidine rings is 1. The minimum Gasteiger partial charge on any atom is -0.480 e. The van der Waals surface area contributed by atoms with E-state index in [1.165, 1.54) is 5.57 Å². The van der Waals surface area contributed by atoms with Crippen molar-refractivity contribution in [3.63, 3.8) is 0 Å². The molecule has 1 aliphatic carbocycles. The number of alkyl halides is 3. The second-order valence-corrected chi connectivity index (χ2v) is 9.53. The van der Waals surface area contributed by atoms with Crippen molar-refractivity contribution in [1.29, 1.82) is 0 Å². The highest BCUT2D eigenvalue weighted by Crippen LogP contribution is 2.38. The van der Waals surface area contributed by atoms with Gasteiger partial charge >= 0.3 is 12.1 Å². The Kier molecular flexibility index (Phi) is 8.00. The van der Waals surface area contributed by atoms with Crippen molar-refractivity contribution in [3.05, 3.63) is 69.5 Å². The van der Waals surface area contributed by atoms with Crippen LogP contribution >= 0.6 is 11.6 Å². The fourth-order valence-corrected chi connectivity index (χ4v) is 5.05. The molecule has 0 bridgehead atoms. The van der Waals surface area contributed by atoms with Crippen LogP contribution < -0.4 is 5.32 Å². The molecule has 0 radical (unpaired) electrons. The van der Waals surface area contributed by atoms with Gasteiger partial charge in [-0.05, 0) is 67.0 Å². The standard InChI is InChI=1S/C26H27ClF3N3O3/c27-19-5-6-20-18(14-19)4-3-17-2-1-11-31-24(17)23(20)16-8-12-33(13-9-16)22(34)15-32-21(25(35)36)7-10-26(28,29)30/h1-2,5-6,11,14,21,32H,3-4,7-10,12-13,15H2,(H,35,36). The van der Waals surface area contributed by atoms with Crippen molar-refractivity contribution >= 4 is 29.1 Å². The highest BCUT2D eigenvalue weighted by molar-refractivity contribution is 6.30. The van der Waals surface area contributed by atoms with E-state index in [1.54, 1.807) is 11.1 Å². The Bertz CT molecular complexity index is 1170. The fraction of sp³-hybridized carbons (Fsp3) is 0.423. The lowest BCUT2D eigenvalue weighted by molar-refractivity contribution is -0.146.